The average Bonchev–Trinajstić information content (AvgIpc) is 3.40. The van der Waals surface area contributed by atoms with Gasteiger partial charge in [0.15, 0.2) is 0 Å². The number of nitrogens with zero attached hydrogens (tertiary/aromatic N) is 5. The first-order valence-electron chi connectivity index (χ1n) is 10.5. The van der Waals surface area contributed by atoms with Crippen LogP contribution in [-0.2, 0) is 6.61 Å². The molecule has 0 aromatic carbocycles. The van der Waals surface area contributed by atoms with Gasteiger partial charge in [0.05, 0.1) is 17.4 Å². The minimum absolute atomic E-state index is 0.343. The Balaban J connectivity index is 1.16. The van der Waals surface area contributed by atoms with Crippen molar-refractivity contribution in [1.82, 2.24) is 25.1 Å². The topological polar surface area (TPSA) is 68.1 Å². The average molecular weight is 406 g/mol. The van der Waals surface area contributed by atoms with Gasteiger partial charge in [-0.3, -0.25) is 0 Å². The number of hydrogen-bond acceptors (Lipinski definition) is 6. The van der Waals surface area contributed by atoms with Gasteiger partial charge >= 0.3 is 0 Å². The lowest BCUT2D eigenvalue weighted by molar-refractivity contribution is 0.148. The lowest BCUT2D eigenvalue weighted by Crippen LogP contribution is -2.48. The molecule has 3 aliphatic rings. The number of hydrogen-bond donors (Lipinski definition) is 1. The molecular formula is C22H23FN6O. The highest BCUT2D eigenvalue weighted by Gasteiger charge is 2.33. The summed E-state index contributed by atoms with van der Waals surface area (Å²) in [5, 5.41) is 8.34. The summed E-state index contributed by atoms with van der Waals surface area (Å²) in [4.78, 5) is 11.2. The molecule has 1 saturated carbocycles. The van der Waals surface area contributed by atoms with Gasteiger partial charge in [-0.2, -0.15) is 5.10 Å². The van der Waals surface area contributed by atoms with Crippen molar-refractivity contribution < 1.29 is 9.13 Å². The lowest BCUT2D eigenvalue weighted by atomic mass is 9.90. The summed E-state index contributed by atoms with van der Waals surface area (Å²) in [7, 11) is 0. The van der Waals surface area contributed by atoms with E-state index in [0.717, 1.165) is 47.8 Å². The largest absolute Gasteiger partial charge is 0.472 e. The second kappa shape index (κ2) is 7.05. The number of fused-ring (bicyclic) bond motifs is 3. The summed E-state index contributed by atoms with van der Waals surface area (Å²) >= 11 is 0. The fraction of sp³-hybridized carbons (Fsp3) is 0.409. The molecule has 0 bridgehead atoms. The maximum absolute atomic E-state index is 13.0. The number of halogens is 1. The van der Waals surface area contributed by atoms with Crippen molar-refractivity contribution in [3.63, 3.8) is 0 Å². The van der Waals surface area contributed by atoms with E-state index >= 15 is 0 Å². The molecule has 1 unspecified atom stereocenters. The second-order valence-electron chi connectivity index (χ2n) is 8.33. The zero-order valence-electron chi connectivity index (χ0n) is 16.5. The summed E-state index contributed by atoms with van der Waals surface area (Å²) in [5.41, 5.74) is 3.78. The zero-order valence-corrected chi connectivity index (χ0v) is 16.5. The Morgan fingerprint density at radius 3 is 2.90 bits per heavy atom. The summed E-state index contributed by atoms with van der Waals surface area (Å²) < 4.78 is 20.6. The lowest BCUT2D eigenvalue weighted by Gasteiger charge is -2.33. The van der Waals surface area contributed by atoms with Gasteiger partial charge < -0.3 is 15.0 Å². The van der Waals surface area contributed by atoms with Crippen LogP contribution < -0.4 is 15.0 Å². The summed E-state index contributed by atoms with van der Waals surface area (Å²) in [6.45, 7) is 2.35. The van der Waals surface area contributed by atoms with Crippen molar-refractivity contribution in [2.75, 3.05) is 18.0 Å². The number of alkyl halides is 1. The first-order valence-corrected chi connectivity index (χ1v) is 10.5. The molecule has 7 nitrogen and oxygen atoms in total. The van der Waals surface area contributed by atoms with E-state index < -0.39 is 6.17 Å². The minimum Gasteiger partial charge on any atom is -0.472 e. The minimum atomic E-state index is -0.613. The van der Waals surface area contributed by atoms with Crippen LogP contribution in [0.4, 0.5) is 10.2 Å². The van der Waals surface area contributed by atoms with Crippen LogP contribution in [0.25, 0.3) is 16.9 Å². The maximum atomic E-state index is 13.0. The summed E-state index contributed by atoms with van der Waals surface area (Å²) in [6.07, 6.45) is 7.35. The molecule has 1 aliphatic carbocycles. The number of ether oxygens (including phenoxy) is 1. The van der Waals surface area contributed by atoms with Crippen LogP contribution in [0.2, 0.25) is 0 Å². The van der Waals surface area contributed by atoms with Crippen LogP contribution in [0.3, 0.4) is 0 Å². The standard InChI is InChI=1S/C22H23FN6O/c23-15-8-17(9-15)26-16-5-7-28(12-16)20-4-3-18(10-25-20)29-11-14-13-30-22-19(21(14)27-29)2-1-6-24-22/h1-4,6,10-11,15-17,26H,5,7-9,12-13H2. The highest BCUT2D eigenvalue weighted by molar-refractivity contribution is 5.69. The van der Waals surface area contributed by atoms with Crippen molar-refractivity contribution in [2.24, 2.45) is 0 Å². The van der Waals surface area contributed by atoms with Gasteiger partial charge in [0.2, 0.25) is 5.88 Å². The van der Waals surface area contributed by atoms with Crippen LogP contribution in [-0.4, -0.2) is 51.1 Å². The van der Waals surface area contributed by atoms with E-state index in [1.165, 1.54) is 0 Å². The molecule has 0 spiro atoms. The van der Waals surface area contributed by atoms with Gasteiger partial charge in [-0.25, -0.2) is 19.0 Å². The SMILES string of the molecule is FC1CC(NC2CCN(c3ccc(-n4cc5c(n4)-c4cccnc4OC5)cn3)C2)C1. The fourth-order valence-electron chi connectivity index (χ4n) is 4.53. The fourth-order valence-corrected chi connectivity index (χ4v) is 4.53. The van der Waals surface area contributed by atoms with Crippen molar-refractivity contribution in [3.8, 4) is 22.8 Å². The van der Waals surface area contributed by atoms with Gasteiger partial charge in [-0.15, -0.1) is 0 Å². The Labute approximate surface area is 173 Å². The van der Waals surface area contributed by atoms with Crippen molar-refractivity contribution >= 4 is 5.82 Å². The molecule has 0 radical (unpaired) electrons. The van der Waals surface area contributed by atoms with Gasteiger partial charge in [0.25, 0.3) is 0 Å². The Morgan fingerprint density at radius 1 is 1.13 bits per heavy atom. The van der Waals surface area contributed by atoms with E-state index in [0.29, 0.717) is 37.4 Å². The highest BCUT2D eigenvalue weighted by Crippen LogP contribution is 2.35. The number of nitrogens with one attached hydrogen (secondary N) is 1. The molecular weight excluding hydrogens is 383 g/mol. The van der Waals surface area contributed by atoms with E-state index in [1.807, 2.05) is 41.3 Å². The Morgan fingerprint density at radius 2 is 2.07 bits per heavy atom. The first kappa shape index (κ1) is 17.8. The zero-order chi connectivity index (χ0) is 20.1. The third kappa shape index (κ3) is 3.11. The van der Waals surface area contributed by atoms with Crippen LogP contribution in [0, 0.1) is 0 Å². The molecule has 2 aliphatic heterocycles. The van der Waals surface area contributed by atoms with Crippen molar-refractivity contribution in [1.29, 1.82) is 0 Å². The number of aromatic nitrogens is 4. The summed E-state index contributed by atoms with van der Waals surface area (Å²) in [6, 6.07) is 8.73. The molecule has 3 aromatic rings. The van der Waals surface area contributed by atoms with E-state index in [1.54, 1.807) is 6.20 Å². The van der Waals surface area contributed by atoms with Gasteiger partial charge in [0.1, 0.15) is 24.3 Å². The number of pyridine rings is 2. The second-order valence-corrected chi connectivity index (χ2v) is 8.33. The predicted molar refractivity (Wildman–Crippen MR) is 111 cm³/mol. The van der Waals surface area contributed by atoms with Gasteiger partial charge in [0, 0.05) is 43.1 Å². The normalized spacial score (nSPS) is 24.7. The molecule has 0 amide bonds. The molecule has 5 heterocycles. The molecule has 2 fully saturated rings. The molecule has 6 rings (SSSR count). The number of rotatable bonds is 4. The van der Waals surface area contributed by atoms with Gasteiger partial charge in [-0.05, 0) is 43.5 Å². The predicted octanol–water partition coefficient (Wildman–Crippen LogP) is 2.89. The third-order valence-corrected chi connectivity index (χ3v) is 6.24. The molecule has 1 atom stereocenters. The highest BCUT2D eigenvalue weighted by atomic mass is 19.1. The smallest absolute Gasteiger partial charge is 0.223 e. The van der Waals surface area contributed by atoms with E-state index in [-0.39, 0.29) is 0 Å². The quantitative estimate of drug-likeness (QED) is 0.719. The van der Waals surface area contributed by atoms with Crippen LogP contribution >= 0.6 is 0 Å². The summed E-state index contributed by atoms with van der Waals surface area (Å²) in [5.74, 6) is 1.60. The van der Waals surface area contributed by atoms with E-state index in [9.17, 15) is 4.39 Å². The molecule has 154 valence electrons. The van der Waals surface area contributed by atoms with E-state index in [2.05, 4.69) is 20.2 Å². The van der Waals surface area contributed by atoms with Gasteiger partial charge in [-0.1, -0.05) is 0 Å². The Kier molecular flexibility index (Phi) is 4.19. The molecule has 1 saturated heterocycles. The Bertz CT molecular complexity index is 1060. The Hall–Kier alpha value is -3.00. The van der Waals surface area contributed by atoms with E-state index in [4.69, 9.17) is 9.84 Å². The van der Waals surface area contributed by atoms with Crippen molar-refractivity contribution in [2.45, 2.75) is 44.1 Å². The maximum Gasteiger partial charge on any atom is 0.223 e. The monoisotopic (exact) mass is 406 g/mol. The third-order valence-electron chi connectivity index (χ3n) is 6.24. The molecule has 8 heteroatoms. The molecule has 30 heavy (non-hydrogen) atoms. The number of anilines is 1. The molecule has 1 N–H and O–H groups in total. The van der Waals surface area contributed by atoms with Crippen LogP contribution in [0.15, 0.2) is 42.9 Å². The van der Waals surface area contributed by atoms with Crippen molar-refractivity contribution in [3.05, 3.63) is 48.4 Å². The molecule has 3 aromatic heterocycles. The van der Waals surface area contributed by atoms with Crippen LogP contribution in [0.1, 0.15) is 24.8 Å². The first-order chi connectivity index (χ1) is 14.7. The van der Waals surface area contributed by atoms with Crippen LogP contribution in [0.5, 0.6) is 5.88 Å².